The molecule has 2 N–H and O–H groups in total. The molecular weight excluding hydrogens is 259 g/mol. The summed E-state index contributed by atoms with van der Waals surface area (Å²) >= 11 is 0. The normalized spacial score (nSPS) is 10.4. The quantitative estimate of drug-likeness (QED) is 0.811. The lowest BCUT2D eigenvalue weighted by atomic mass is 10.1. The average Bonchev–Trinajstić information content (AvgIpc) is 2.94. The lowest BCUT2D eigenvalue weighted by Crippen LogP contribution is -2.34. The van der Waals surface area contributed by atoms with Crippen molar-refractivity contribution in [3.63, 3.8) is 0 Å². The number of halogens is 1. The Bertz CT molecular complexity index is 541. The molecule has 0 atom stereocenters. The number of carbonyl (C=O) groups is 1. The van der Waals surface area contributed by atoms with Gasteiger partial charge in [0.1, 0.15) is 11.6 Å². The highest BCUT2D eigenvalue weighted by Crippen LogP contribution is 2.06. The molecule has 1 amide bonds. The van der Waals surface area contributed by atoms with Crippen LogP contribution < -0.4 is 10.6 Å². The van der Waals surface area contributed by atoms with E-state index in [-0.39, 0.29) is 18.3 Å². The van der Waals surface area contributed by atoms with Crippen LogP contribution in [0, 0.1) is 5.82 Å². The van der Waals surface area contributed by atoms with Crippen LogP contribution in [-0.4, -0.2) is 19.0 Å². The highest BCUT2D eigenvalue weighted by molar-refractivity contribution is 5.77. The van der Waals surface area contributed by atoms with E-state index >= 15 is 0 Å². The van der Waals surface area contributed by atoms with Crippen molar-refractivity contribution in [1.82, 2.24) is 10.6 Å². The Hall–Kier alpha value is -2.14. The standard InChI is InChI=1S/C15H17FN2O2/c16-14-6-2-1-4-12(14)7-8-18-15(19)11-17-10-13-5-3-9-20-13/h1-6,9,17H,7-8,10-11H2,(H,18,19). The Morgan fingerprint density at radius 1 is 1.20 bits per heavy atom. The van der Waals surface area contributed by atoms with Gasteiger partial charge in [-0.2, -0.15) is 0 Å². The SMILES string of the molecule is O=C(CNCc1ccco1)NCCc1ccccc1F. The maximum atomic E-state index is 13.3. The van der Waals surface area contributed by atoms with E-state index in [2.05, 4.69) is 10.6 Å². The van der Waals surface area contributed by atoms with Gasteiger partial charge in [0.15, 0.2) is 0 Å². The minimum atomic E-state index is -0.238. The largest absolute Gasteiger partial charge is 0.468 e. The van der Waals surface area contributed by atoms with Gasteiger partial charge in [-0.15, -0.1) is 0 Å². The molecule has 5 heteroatoms. The van der Waals surface area contributed by atoms with Crippen LogP contribution in [0.15, 0.2) is 47.1 Å². The zero-order chi connectivity index (χ0) is 14.2. The van der Waals surface area contributed by atoms with Crippen molar-refractivity contribution >= 4 is 5.91 Å². The maximum Gasteiger partial charge on any atom is 0.233 e. The van der Waals surface area contributed by atoms with E-state index in [4.69, 9.17) is 4.42 Å². The third-order valence-electron chi connectivity index (χ3n) is 2.84. The molecule has 0 bridgehead atoms. The number of rotatable bonds is 7. The fourth-order valence-corrected chi connectivity index (χ4v) is 1.81. The number of nitrogens with one attached hydrogen (secondary N) is 2. The third-order valence-corrected chi connectivity index (χ3v) is 2.84. The molecule has 0 spiro atoms. The van der Waals surface area contributed by atoms with E-state index in [0.29, 0.717) is 25.1 Å². The molecule has 2 aromatic rings. The monoisotopic (exact) mass is 276 g/mol. The Kier molecular flexibility index (Phi) is 5.32. The van der Waals surface area contributed by atoms with Gasteiger partial charge in [-0.05, 0) is 30.2 Å². The maximum absolute atomic E-state index is 13.3. The van der Waals surface area contributed by atoms with E-state index in [0.717, 1.165) is 5.76 Å². The molecule has 20 heavy (non-hydrogen) atoms. The topological polar surface area (TPSA) is 54.3 Å². The van der Waals surface area contributed by atoms with Crippen molar-refractivity contribution in [3.05, 3.63) is 59.8 Å². The van der Waals surface area contributed by atoms with Crippen molar-refractivity contribution in [1.29, 1.82) is 0 Å². The molecule has 0 aliphatic heterocycles. The summed E-state index contributed by atoms with van der Waals surface area (Å²) in [7, 11) is 0. The highest BCUT2D eigenvalue weighted by atomic mass is 19.1. The summed E-state index contributed by atoms with van der Waals surface area (Å²) in [6.07, 6.45) is 2.07. The molecule has 106 valence electrons. The Morgan fingerprint density at radius 2 is 2.05 bits per heavy atom. The molecule has 1 heterocycles. The second-order valence-electron chi connectivity index (χ2n) is 4.37. The molecule has 0 saturated carbocycles. The second-order valence-corrected chi connectivity index (χ2v) is 4.37. The predicted molar refractivity (Wildman–Crippen MR) is 73.5 cm³/mol. The van der Waals surface area contributed by atoms with E-state index in [1.54, 1.807) is 30.5 Å². The van der Waals surface area contributed by atoms with Crippen LogP contribution in [0.3, 0.4) is 0 Å². The first-order chi connectivity index (χ1) is 9.75. The van der Waals surface area contributed by atoms with E-state index in [1.807, 2.05) is 6.07 Å². The van der Waals surface area contributed by atoms with Gasteiger partial charge in [0.25, 0.3) is 0 Å². The van der Waals surface area contributed by atoms with Crippen LogP contribution in [0.4, 0.5) is 4.39 Å². The van der Waals surface area contributed by atoms with Crippen molar-refractivity contribution in [2.45, 2.75) is 13.0 Å². The number of amides is 1. The number of furan rings is 1. The minimum absolute atomic E-state index is 0.118. The number of carbonyl (C=O) groups excluding carboxylic acids is 1. The molecule has 4 nitrogen and oxygen atoms in total. The molecular formula is C15H17FN2O2. The average molecular weight is 276 g/mol. The first-order valence-electron chi connectivity index (χ1n) is 6.49. The molecule has 2 rings (SSSR count). The summed E-state index contributed by atoms with van der Waals surface area (Å²) < 4.78 is 18.5. The van der Waals surface area contributed by atoms with E-state index in [1.165, 1.54) is 6.07 Å². The van der Waals surface area contributed by atoms with Gasteiger partial charge >= 0.3 is 0 Å². The molecule has 0 aliphatic carbocycles. The van der Waals surface area contributed by atoms with Crippen LogP contribution in [-0.2, 0) is 17.8 Å². The zero-order valence-electron chi connectivity index (χ0n) is 11.1. The number of benzene rings is 1. The smallest absolute Gasteiger partial charge is 0.233 e. The predicted octanol–water partition coefficient (Wildman–Crippen LogP) is 1.87. The van der Waals surface area contributed by atoms with Crippen molar-refractivity contribution < 1.29 is 13.6 Å². The van der Waals surface area contributed by atoms with Crippen LogP contribution in [0.2, 0.25) is 0 Å². The highest BCUT2D eigenvalue weighted by Gasteiger charge is 2.03. The van der Waals surface area contributed by atoms with Gasteiger partial charge in [0.05, 0.1) is 19.4 Å². The molecule has 0 radical (unpaired) electrons. The molecule has 0 aliphatic rings. The van der Waals surface area contributed by atoms with Crippen LogP contribution in [0.1, 0.15) is 11.3 Å². The van der Waals surface area contributed by atoms with Crippen LogP contribution >= 0.6 is 0 Å². The van der Waals surface area contributed by atoms with Gasteiger partial charge in [-0.3, -0.25) is 4.79 Å². The van der Waals surface area contributed by atoms with Gasteiger partial charge in [-0.25, -0.2) is 4.39 Å². The second kappa shape index (κ2) is 7.45. The summed E-state index contributed by atoms with van der Waals surface area (Å²) in [4.78, 5) is 11.5. The van der Waals surface area contributed by atoms with E-state index < -0.39 is 0 Å². The van der Waals surface area contributed by atoms with Gasteiger partial charge in [-0.1, -0.05) is 18.2 Å². The van der Waals surface area contributed by atoms with Crippen molar-refractivity contribution in [2.24, 2.45) is 0 Å². The van der Waals surface area contributed by atoms with Gasteiger partial charge < -0.3 is 15.1 Å². The Morgan fingerprint density at radius 3 is 2.80 bits per heavy atom. The minimum Gasteiger partial charge on any atom is -0.468 e. The fourth-order valence-electron chi connectivity index (χ4n) is 1.81. The summed E-state index contributed by atoms with van der Waals surface area (Å²) in [5.74, 6) is 0.426. The van der Waals surface area contributed by atoms with Crippen LogP contribution in [0.5, 0.6) is 0 Å². The first kappa shape index (κ1) is 14.3. The number of hydrogen-bond donors (Lipinski definition) is 2. The van der Waals surface area contributed by atoms with Crippen LogP contribution in [0.25, 0.3) is 0 Å². The Balaban J connectivity index is 1.62. The van der Waals surface area contributed by atoms with E-state index in [9.17, 15) is 9.18 Å². The van der Waals surface area contributed by atoms with Gasteiger partial charge in [0.2, 0.25) is 5.91 Å². The van der Waals surface area contributed by atoms with Crippen molar-refractivity contribution in [3.8, 4) is 0 Å². The van der Waals surface area contributed by atoms with Crippen molar-refractivity contribution in [2.75, 3.05) is 13.1 Å². The molecule has 0 saturated heterocycles. The lowest BCUT2D eigenvalue weighted by Gasteiger charge is -2.06. The molecule has 1 aromatic heterocycles. The zero-order valence-corrected chi connectivity index (χ0v) is 11.1. The molecule has 0 fully saturated rings. The first-order valence-corrected chi connectivity index (χ1v) is 6.49. The summed E-state index contributed by atoms with van der Waals surface area (Å²) in [6.45, 7) is 1.13. The lowest BCUT2D eigenvalue weighted by molar-refractivity contribution is -0.120. The van der Waals surface area contributed by atoms with Gasteiger partial charge in [0, 0.05) is 6.54 Å². The summed E-state index contributed by atoms with van der Waals surface area (Å²) in [5.41, 5.74) is 0.608. The summed E-state index contributed by atoms with van der Waals surface area (Å²) in [5, 5.41) is 5.71. The molecule has 0 unspecified atom stereocenters. The number of hydrogen-bond acceptors (Lipinski definition) is 3. The Labute approximate surface area is 117 Å². The summed E-state index contributed by atoms with van der Waals surface area (Å²) in [6, 6.07) is 10.2. The fraction of sp³-hybridized carbons (Fsp3) is 0.267. The molecule has 1 aromatic carbocycles. The third kappa shape index (κ3) is 4.51.